The molecule has 0 atom stereocenters. The number of rotatable bonds is 3. The predicted molar refractivity (Wildman–Crippen MR) is 69.3 cm³/mol. The number of nitrogens with zero attached hydrogens (tertiary/aromatic N) is 5. The topological polar surface area (TPSA) is 93.8 Å². The van der Waals surface area contributed by atoms with Crippen LogP contribution in [0.3, 0.4) is 0 Å². The number of tetrazole rings is 1. The summed E-state index contributed by atoms with van der Waals surface area (Å²) in [5.41, 5.74) is 0.957. The predicted octanol–water partition coefficient (Wildman–Crippen LogP) is 1.42. The van der Waals surface area contributed by atoms with Crippen LogP contribution in [0.5, 0.6) is 0 Å². The van der Waals surface area contributed by atoms with Crippen LogP contribution in [0.2, 0.25) is 0 Å². The molecule has 0 aliphatic carbocycles. The van der Waals surface area contributed by atoms with E-state index < -0.39 is 5.97 Å². The van der Waals surface area contributed by atoms with Gasteiger partial charge in [-0.3, -0.25) is 0 Å². The van der Waals surface area contributed by atoms with Gasteiger partial charge in [0.1, 0.15) is 5.69 Å². The maximum absolute atomic E-state index is 11.1. The van der Waals surface area contributed by atoms with Crippen LogP contribution in [0.4, 0.5) is 0 Å². The Kier molecular flexibility index (Phi) is 2.92. The Hall–Kier alpha value is -3.09. The van der Waals surface area contributed by atoms with Crippen molar-refractivity contribution in [3.8, 4) is 17.1 Å². The standard InChI is InChI=1S/C13H9N5O2/c19-13(20)11-10(7-4-8-14-11)18-16-12(15-17-18)9-5-2-1-3-6-9/h1-8H,(H,19,20). The molecule has 0 radical (unpaired) electrons. The summed E-state index contributed by atoms with van der Waals surface area (Å²) in [4.78, 5) is 16.1. The molecule has 0 aliphatic rings. The molecule has 1 aromatic carbocycles. The number of carbonyl (C=O) groups is 1. The molecule has 0 fully saturated rings. The van der Waals surface area contributed by atoms with E-state index in [1.54, 1.807) is 12.1 Å². The van der Waals surface area contributed by atoms with Gasteiger partial charge in [-0.15, -0.1) is 15.0 Å². The Bertz CT molecular complexity index is 754. The summed E-state index contributed by atoms with van der Waals surface area (Å²) in [7, 11) is 0. The maximum Gasteiger partial charge on any atom is 0.356 e. The van der Waals surface area contributed by atoms with Crippen molar-refractivity contribution in [1.82, 2.24) is 25.2 Å². The zero-order chi connectivity index (χ0) is 13.9. The lowest BCUT2D eigenvalue weighted by Crippen LogP contribution is -2.09. The Morgan fingerprint density at radius 2 is 1.90 bits per heavy atom. The van der Waals surface area contributed by atoms with Crippen molar-refractivity contribution >= 4 is 5.97 Å². The van der Waals surface area contributed by atoms with Crippen LogP contribution in [0, 0.1) is 0 Å². The summed E-state index contributed by atoms with van der Waals surface area (Å²) in [6.45, 7) is 0. The van der Waals surface area contributed by atoms with Crippen LogP contribution in [-0.4, -0.2) is 36.3 Å². The van der Waals surface area contributed by atoms with Crippen molar-refractivity contribution in [3.63, 3.8) is 0 Å². The third-order valence-corrected chi connectivity index (χ3v) is 2.65. The second-order valence-electron chi connectivity index (χ2n) is 3.94. The van der Waals surface area contributed by atoms with E-state index in [9.17, 15) is 4.79 Å². The molecule has 0 saturated carbocycles. The molecule has 0 amide bonds. The molecule has 3 aromatic rings. The first-order valence-corrected chi connectivity index (χ1v) is 5.80. The fourth-order valence-electron chi connectivity index (χ4n) is 1.74. The second kappa shape index (κ2) is 4.88. The van der Waals surface area contributed by atoms with Gasteiger partial charge in [-0.25, -0.2) is 9.78 Å². The number of carboxylic acid groups (broad SMARTS) is 1. The minimum atomic E-state index is -1.14. The third kappa shape index (κ3) is 2.12. The molecule has 0 bridgehead atoms. The molecule has 0 aliphatic heterocycles. The molecule has 0 spiro atoms. The Labute approximate surface area is 113 Å². The third-order valence-electron chi connectivity index (χ3n) is 2.65. The molecule has 98 valence electrons. The van der Waals surface area contributed by atoms with Crippen LogP contribution in [0.1, 0.15) is 10.5 Å². The van der Waals surface area contributed by atoms with Gasteiger partial charge in [-0.1, -0.05) is 30.3 Å². The first kappa shape index (κ1) is 12.0. The molecule has 2 aromatic heterocycles. The van der Waals surface area contributed by atoms with Gasteiger partial charge in [0.25, 0.3) is 0 Å². The molecule has 0 unspecified atom stereocenters. The fraction of sp³-hybridized carbons (Fsp3) is 0. The molecule has 7 heteroatoms. The van der Waals surface area contributed by atoms with Crippen molar-refractivity contribution < 1.29 is 9.90 Å². The van der Waals surface area contributed by atoms with Gasteiger partial charge >= 0.3 is 5.97 Å². The number of aromatic carboxylic acids is 1. The van der Waals surface area contributed by atoms with E-state index in [1.807, 2.05) is 30.3 Å². The highest BCUT2D eigenvalue weighted by Crippen LogP contribution is 2.15. The van der Waals surface area contributed by atoms with Gasteiger partial charge in [0.2, 0.25) is 5.82 Å². The summed E-state index contributed by atoms with van der Waals surface area (Å²) >= 11 is 0. The second-order valence-corrected chi connectivity index (χ2v) is 3.94. The van der Waals surface area contributed by atoms with Gasteiger partial charge in [0, 0.05) is 11.8 Å². The van der Waals surface area contributed by atoms with E-state index in [1.165, 1.54) is 11.0 Å². The Morgan fingerprint density at radius 1 is 1.10 bits per heavy atom. The first-order valence-electron chi connectivity index (χ1n) is 5.80. The average molecular weight is 267 g/mol. The number of pyridine rings is 1. The van der Waals surface area contributed by atoms with E-state index >= 15 is 0 Å². The number of benzene rings is 1. The molecule has 3 rings (SSSR count). The summed E-state index contributed by atoms with van der Waals surface area (Å²) in [5.74, 6) is -0.718. The van der Waals surface area contributed by atoms with E-state index in [2.05, 4.69) is 20.4 Å². The number of carboxylic acids is 1. The van der Waals surface area contributed by atoms with Gasteiger partial charge in [0.15, 0.2) is 5.69 Å². The number of hydrogen-bond donors (Lipinski definition) is 1. The van der Waals surface area contributed by atoms with Crippen LogP contribution < -0.4 is 0 Å². The highest BCUT2D eigenvalue weighted by atomic mass is 16.4. The minimum absolute atomic E-state index is 0.121. The van der Waals surface area contributed by atoms with Crippen molar-refractivity contribution in [3.05, 3.63) is 54.4 Å². The van der Waals surface area contributed by atoms with Gasteiger partial charge in [0.05, 0.1) is 0 Å². The fourth-order valence-corrected chi connectivity index (χ4v) is 1.74. The summed E-state index contributed by atoms with van der Waals surface area (Å²) < 4.78 is 0. The smallest absolute Gasteiger partial charge is 0.356 e. The first-order chi connectivity index (χ1) is 9.75. The molecule has 1 N–H and O–H groups in total. The monoisotopic (exact) mass is 267 g/mol. The highest BCUT2D eigenvalue weighted by Gasteiger charge is 2.15. The lowest BCUT2D eigenvalue weighted by molar-refractivity contribution is 0.0690. The van der Waals surface area contributed by atoms with Crippen molar-refractivity contribution in [2.75, 3.05) is 0 Å². The van der Waals surface area contributed by atoms with Crippen LogP contribution in [0.25, 0.3) is 17.1 Å². The molecule has 7 nitrogen and oxygen atoms in total. The lowest BCUT2D eigenvalue weighted by atomic mass is 10.2. The summed E-state index contributed by atoms with van der Waals surface area (Å²) in [6.07, 6.45) is 1.40. The minimum Gasteiger partial charge on any atom is -0.476 e. The molecular weight excluding hydrogens is 258 g/mol. The normalized spacial score (nSPS) is 10.4. The van der Waals surface area contributed by atoms with Crippen LogP contribution in [-0.2, 0) is 0 Å². The SMILES string of the molecule is O=C(O)c1ncccc1-n1nnc(-c2ccccc2)n1. The lowest BCUT2D eigenvalue weighted by Gasteiger charge is -2.01. The molecule has 0 saturated heterocycles. The van der Waals surface area contributed by atoms with E-state index in [0.29, 0.717) is 5.82 Å². The average Bonchev–Trinajstić information content (AvgIpc) is 2.98. The molecule has 2 heterocycles. The van der Waals surface area contributed by atoms with Crippen LogP contribution in [0.15, 0.2) is 48.7 Å². The zero-order valence-corrected chi connectivity index (χ0v) is 10.2. The zero-order valence-electron chi connectivity index (χ0n) is 10.2. The number of hydrogen-bond acceptors (Lipinski definition) is 5. The summed E-state index contributed by atoms with van der Waals surface area (Å²) in [6, 6.07) is 12.5. The Balaban J connectivity index is 2.05. The maximum atomic E-state index is 11.1. The van der Waals surface area contributed by atoms with Gasteiger partial charge < -0.3 is 5.11 Å². The number of aromatic nitrogens is 5. The molecule has 20 heavy (non-hydrogen) atoms. The quantitative estimate of drug-likeness (QED) is 0.771. The van der Waals surface area contributed by atoms with Crippen molar-refractivity contribution in [1.29, 1.82) is 0 Å². The van der Waals surface area contributed by atoms with Crippen molar-refractivity contribution in [2.45, 2.75) is 0 Å². The van der Waals surface area contributed by atoms with E-state index in [-0.39, 0.29) is 11.4 Å². The van der Waals surface area contributed by atoms with Gasteiger partial charge in [-0.2, -0.15) is 0 Å². The van der Waals surface area contributed by atoms with Crippen molar-refractivity contribution in [2.24, 2.45) is 0 Å². The van der Waals surface area contributed by atoms with Gasteiger partial charge in [-0.05, 0) is 17.3 Å². The Morgan fingerprint density at radius 3 is 2.65 bits per heavy atom. The largest absolute Gasteiger partial charge is 0.476 e. The van der Waals surface area contributed by atoms with E-state index in [4.69, 9.17) is 5.11 Å². The van der Waals surface area contributed by atoms with Crippen LogP contribution >= 0.6 is 0 Å². The van der Waals surface area contributed by atoms with E-state index in [0.717, 1.165) is 5.56 Å². The molecular formula is C13H9N5O2. The highest BCUT2D eigenvalue weighted by molar-refractivity contribution is 5.89. The summed E-state index contributed by atoms with van der Waals surface area (Å²) in [5, 5.41) is 21.1.